The highest BCUT2D eigenvalue weighted by atomic mass is 19.4. The Hall–Kier alpha value is -1.60. The van der Waals surface area contributed by atoms with Crippen molar-refractivity contribution >= 4 is 5.91 Å². The van der Waals surface area contributed by atoms with Crippen LogP contribution in [-0.2, 0) is 22.3 Å². The highest BCUT2D eigenvalue weighted by molar-refractivity contribution is 5.79. The standard InChI is InChI=1S/C16H21F3N2O2/c1-23-9-8-20-10-15(22)21(14-6-7-14)11-12-2-4-13(5-3-12)16(17,18)19/h2-5,14,20H,6-11H2,1H3. The quantitative estimate of drug-likeness (QED) is 0.745. The lowest BCUT2D eigenvalue weighted by Crippen LogP contribution is -2.40. The van der Waals surface area contributed by atoms with Gasteiger partial charge in [0.15, 0.2) is 0 Å². The zero-order valence-corrected chi connectivity index (χ0v) is 13.0. The zero-order valence-electron chi connectivity index (χ0n) is 13.0. The first-order valence-electron chi connectivity index (χ1n) is 7.57. The van der Waals surface area contributed by atoms with Crippen LogP contribution in [0.3, 0.4) is 0 Å². The molecule has 0 bridgehead atoms. The molecule has 128 valence electrons. The van der Waals surface area contributed by atoms with Gasteiger partial charge in [-0.15, -0.1) is 0 Å². The summed E-state index contributed by atoms with van der Waals surface area (Å²) in [7, 11) is 1.59. The van der Waals surface area contributed by atoms with E-state index in [1.165, 1.54) is 12.1 Å². The second-order valence-electron chi connectivity index (χ2n) is 5.62. The fourth-order valence-electron chi connectivity index (χ4n) is 2.27. The summed E-state index contributed by atoms with van der Waals surface area (Å²) in [4.78, 5) is 14.0. The minimum absolute atomic E-state index is 0.0384. The molecule has 1 aromatic carbocycles. The van der Waals surface area contributed by atoms with E-state index in [2.05, 4.69) is 5.32 Å². The van der Waals surface area contributed by atoms with E-state index in [-0.39, 0.29) is 18.5 Å². The third kappa shape index (κ3) is 5.51. The van der Waals surface area contributed by atoms with Crippen LogP contribution >= 0.6 is 0 Å². The number of benzene rings is 1. The van der Waals surface area contributed by atoms with E-state index < -0.39 is 11.7 Å². The number of halogens is 3. The van der Waals surface area contributed by atoms with Gasteiger partial charge in [0.25, 0.3) is 0 Å². The van der Waals surface area contributed by atoms with Gasteiger partial charge in [-0.25, -0.2) is 0 Å². The van der Waals surface area contributed by atoms with Crippen molar-refractivity contribution in [2.24, 2.45) is 0 Å². The minimum Gasteiger partial charge on any atom is -0.383 e. The number of alkyl halides is 3. The molecule has 1 N–H and O–H groups in total. The van der Waals surface area contributed by atoms with Crippen LogP contribution in [0, 0.1) is 0 Å². The fourth-order valence-corrected chi connectivity index (χ4v) is 2.27. The molecule has 0 radical (unpaired) electrons. The molecule has 4 nitrogen and oxygen atoms in total. The number of hydrogen-bond donors (Lipinski definition) is 1. The molecule has 0 aromatic heterocycles. The Morgan fingerprint density at radius 2 is 1.96 bits per heavy atom. The summed E-state index contributed by atoms with van der Waals surface area (Å²) in [5, 5.41) is 3.00. The summed E-state index contributed by atoms with van der Waals surface area (Å²) in [6.45, 7) is 1.66. The summed E-state index contributed by atoms with van der Waals surface area (Å²) in [6, 6.07) is 5.19. The number of carbonyl (C=O) groups is 1. The Morgan fingerprint density at radius 1 is 1.30 bits per heavy atom. The van der Waals surface area contributed by atoms with Gasteiger partial charge in [0.2, 0.25) is 5.91 Å². The molecule has 23 heavy (non-hydrogen) atoms. The van der Waals surface area contributed by atoms with E-state index >= 15 is 0 Å². The van der Waals surface area contributed by atoms with E-state index in [0.717, 1.165) is 25.0 Å². The second kappa shape index (κ2) is 7.79. The molecule has 2 rings (SSSR count). The molecule has 0 saturated heterocycles. The van der Waals surface area contributed by atoms with Crippen molar-refractivity contribution in [1.82, 2.24) is 10.2 Å². The van der Waals surface area contributed by atoms with Crippen molar-refractivity contribution in [2.45, 2.75) is 31.6 Å². The number of methoxy groups -OCH3 is 1. The van der Waals surface area contributed by atoms with Gasteiger partial charge in [0, 0.05) is 26.2 Å². The van der Waals surface area contributed by atoms with E-state index in [1.807, 2.05) is 0 Å². The molecule has 1 aliphatic rings. The first kappa shape index (κ1) is 17.7. The average molecular weight is 330 g/mol. The Bertz CT molecular complexity index is 513. The molecule has 0 atom stereocenters. The van der Waals surface area contributed by atoms with E-state index in [1.54, 1.807) is 12.0 Å². The number of carbonyl (C=O) groups excluding carboxylic acids is 1. The van der Waals surface area contributed by atoms with E-state index in [9.17, 15) is 18.0 Å². The molecule has 0 heterocycles. The van der Waals surface area contributed by atoms with Gasteiger partial charge in [-0.1, -0.05) is 12.1 Å². The zero-order chi connectivity index (χ0) is 16.9. The van der Waals surface area contributed by atoms with Gasteiger partial charge in [-0.05, 0) is 30.5 Å². The highest BCUT2D eigenvalue weighted by Gasteiger charge is 2.33. The highest BCUT2D eigenvalue weighted by Crippen LogP contribution is 2.31. The number of hydrogen-bond acceptors (Lipinski definition) is 3. The van der Waals surface area contributed by atoms with E-state index in [0.29, 0.717) is 25.3 Å². The summed E-state index contributed by atoms with van der Waals surface area (Å²) in [5.41, 5.74) is 0.0296. The number of nitrogens with zero attached hydrogens (tertiary/aromatic N) is 1. The summed E-state index contributed by atoms with van der Waals surface area (Å²) in [5.74, 6) is -0.0384. The van der Waals surface area contributed by atoms with Gasteiger partial charge >= 0.3 is 6.18 Å². The number of ether oxygens (including phenoxy) is 1. The largest absolute Gasteiger partial charge is 0.416 e. The molecular formula is C16H21F3N2O2. The number of rotatable bonds is 8. The van der Waals surface area contributed by atoms with Gasteiger partial charge in [0.1, 0.15) is 0 Å². The summed E-state index contributed by atoms with van der Waals surface area (Å²) < 4.78 is 42.6. The lowest BCUT2D eigenvalue weighted by atomic mass is 10.1. The fraction of sp³-hybridized carbons (Fsp3) is 0.562. The smallest absolute Gasteiger partial charge is 0.383 e. The van der Waals surface area contributed by atoms with Crippen molar-refractivity contribution in [3.8, 4) is 0 Å². The van der Waals surface area contributed by atoms with Crippen LogP contribution in [-0.4, -0.2) is 43.7 Å². The van der Waals surface area contributed by atoms with Crippen LogP contribution in [0.4, 0.5) is 13.2 Å². The van der Waals surface area contributed by atoms with Crippen LogP contribution in [0.1, 0.15) is 24.0 Å². The average Bonchev–Trinajstić information content (AvgIpc) is 3.33. The molecule has 0 aliphatic heterocycles. The van der Waals surface area contributed by atoms with E-state index in [4.69, 9.17) is 4.74 Å². The molecule has 1 amide bonds. The Morgan fingerprint density at radius 3 is 2.48 bits per heavy atom. The summed E-state index contributed by atoms with van der Waals surface area (Å²) in [6.07, 6.45) is -2.44. The molecule has 7 heteroatoms. The molecule has 1 aromatic rings. The Kier molecular flexibility index (Phi) is 6.01. The van der Waals surface area contributed by atoms with Gasteiger partial charge in [-0.3, -0.25) is 4.79 Å². The van der Waals surface area contributed by atoms with Crippen LogP contribution in [0.5, 0.6) is 0 Å². The maximum absolute atomic E-state index is 12.6. The Balaban J connectivity index is 1.93. The lowest BCUT2D eigenvalue weighted by Gasteiger charge is -2.23. The molecule has 0 spiro atoms. The second-order valence-corrected chi connectivity index (χ2v) is 5.62. The SMILES string of the molecule is COCCNCC(=O)N(Cc1ccc(C(F)(F)F)cc1)C1CC1. The normalized spacial score (nSPS) is 14.8. The number of nitrogens with one attached hydrogen (secondary N) is 1. The first-order valence-corrected chi connectivity index (χ1v) is 7.57. The third-order valence-corrected chi connectivity index (χ3v) is 3.70. The van der Waals surface area contributed by atoms with Gasteiger partial charge < -0.3 is 15.0 Å². The maximum Gasteiger partial charge on any atom is 0.416 e. The third-order valence-electron chi connectivity index (χ3n) is 3.70. The van der Waals surface area contributed by atoms with Crippen molar-refractivity contribution in [1.29, 1.82) is 0 Å². The molecule has 0 unspecified atom stereocenters. The number of amides is 1. The van der Waals surface area contributed by atoms with Crippen molar-refractivity contribution in [3.63, 3.8) is 0 Å². The predicted molar refractivity (Wildman–Crippen MR) is 79.8 cm³/mol. The Labute approximate surface area is 133 Å². The van der Waals surface area contributed by atoms with Crippen molar-refractivity contribution in [3.05, 3.63) is 35.4 Å². The van der Waals surface area contributed by atoms with Crippen molar-refractivity contribution in [2.75, 3.05) is 26.8 Å². The predicted octanol–water partition coefficient (Wildman–Crippen LogP) is 2.43. The molecule has 1 saturated carbocycles. The van der Waals surface area contributed by atoms with Crippen LogP contribution in [0.2, 0.25) is 0 Å². The maximum atomic E-state index is 12.6. The minimum atomic E-state index is -4.34. The topological polar surface area (TPSA) is 41.6 Å². The van der Waals surface area contributed by atoms with Gasteiger partial charge in [-0.2, -0.15) is 13.2 Å². The molecule has 1 fully saturated rings. The first-order chi connectivity index (χ1) is 10.9. The van der Waals surface area contributed by atoms with Crippen LogP contribution in [0.25, 0.3) is 0 Å². The van der Waals surface area contributed by atoms with Crippen molar-refractivity contribution < 1.29 is 22.7 Å². The molecular weight excluding hydrogens is 309 g/mol. The van der Waals surface area contributed by atoms with Crippen LogP contribution < -0.4 is 5.32 Å². The van der Waals surface area contributed by atoms with Crippen LogP contribution in [0.15, 0.2) is 24.3 Å². The summed E-state index contributed by atoms with van der Waals surface area (Å²) >= 11 is 0. The van der Waals surface area contributed by atoms with Gasteiger partial charge in [0.05, 0.1) is 18.7 Å². The molecule has 1 aliphatic carbocycles. The lowest BCUT2D eigenvalue weighted by molar-refractivity contribution is -0.137. The monoisotopic (exact) mass is 330 g/mol.